The monoisotopic (exact) mass is 255 g/mol. The van der Waals surface area contributed by atoms with E-state index in [2.05, 4.69) is 6.92 Å². The molecule has 0 spiro atoms. The van der Waals surface area contributed by atoms with Crippen LogP contribution in [0, 0.1) is 0 Å². The maximum atomic E-state index is 11.1. The second-order valence-corrected chi connectivity index (χ2v) is 4.53. The van der Waals surface area contributed by atoms with Gasteiger partial charge in [0.1, 0.15) is 0 Å². The maximum Gasteiger partial charge on any atom is 0.337 e. The van der Waals surface area contributed by atoms with Gasteiger partial charge in [-0.05, 0) is 24.6 Å². The Morgan fingerprint density at radius 1 is 1.41 bits per heavy atom. The van der Waals surface area contributed by atoms with E-state index in [1.165, 1.54) is 0 Å². The number of carboxylic acid groups (broad SMARTS) is 1. The van der Waals surface area contributed by atoms with E-state index in [0.717, 1.165) is 25.8 Å². The molecule has 0 saturated carbocycles. The highest BCUT2D eigenvalue weighted by Crippen LogP contribution is 2.24. The first-order valence-corrected chi connectivity index (χ1v) is 6.18. The van der Waals surface area contributed by atoms with Crippen molar-refractivity contribution in [3.05, 3.63) is 28.8 Å². The number of unbranched alkanes of at least 4 members (excludes halogenated alkanes) is 2. The van der Waals surface area contributed by atoms with E-state index >= 15 is 0 Å². The summed E-state index contributed by atoms with van der Waals surface area (Å²) in [7, 11) is 1.90. The van der Waals surface area contributed by atoms with Crippen molar-refractivity contribution >= 4 is 23.3 Å². The lowest BCUT2D eigenvalue weighted by molar-refractivity contribution is 0.0697. The zero-order valence-corrected chi connectivity index (χ0v) is 11.0. The molecule has 0 fully saturated rings. The predicted octanol–water partition coefficient (Wildman–Crippen LogP) is 3.66. The number of halogens is 1. The molecule has 3 nitrogen and oxygen atoms in total. The Hall–Kier alpha value is -1.22. The summed E-state index contributed by atoms with van der Waals surface area (Å²) < 4.78 is 0. The lowest BCUT2D eigenvalue weighted by Crippen LogP contribution is -2.21. The van der Waals surface area contributed by atoms with Gasteiger partial charge in [0.15, 0.2) is 0 Å². The molecule has 0 amide bonds. The van der Waals surface area contributed by atoms with E-state index in [0.29, 0.717) is 16.3 Å². The smallest absolute Gasteiger partial charge is 0.337 e. The van der Waals surface area contributed by atoms with Gasteiger partial charge < -0.3 is 10.0 Å². The molecule has 0 radical (unpaired) electrons. The molecule has 0 unspecified atom stereocenters. The van der Waals surface area contributed by atoms with Crippen LogP contribution in [0.25, 0.3) is 0 Å². The third-order valence-electron chi connectivity index (χ3n) is 2.70. The Morgan fingerprint density at radius 2 is 2.12 bits per heavy atom. The van der Waals surface area contributed by atoms with E-state index in [1.807, 2.05) is 11.9 Å². The number of aromatic carboxylic acids is 1. The Morgan fingerprint density at radius 3 is 2.71 bits per heavy atom. The minimum absolute atomic E-state index is 0.299. The van der Waals surface area contributed by atoms with Gasteiger partial charge in [0.25, 0.3) is 0 Å². The fourth-order valence-corrected chi connectivity index (χ4v) is 1.89. The number of hydrogen-bond donors (Lipinski definition) is 1. The second-order valence-electron chi connectivity index (χ2n) is 4.10. The van der Waals surface area contributed by atoms with Crippen molar-refractivity contribution in [2.75, 3.05) is 18.5 Å². The minimum Gasteiger partial charge on any atom is -0.478 e. The lowest BCUT2D eigenvalue weighted by atomic mass is 10.1. The Bertz CT molecular complexity index is 393. The zero-order chi connectivity index (χ0) is 12.8. The number of hydrogen-bond acceptors (Lipinski definition) is 2. The fraction of sp³-hybridized carbons (Fsp3) is 0.462. The quantitative estimate of drug-likeness (QED) is 0.789. The summed E-state index contributed by atoms with van der Waals surface area (Å²) in [4.78, 5) is 13.0. The predicted molar refractivity (Wildman–Crippen MR) is 71.2 cm³/mol. The summed E-state index contributed by atoms with van der Waals surface area (Å²) in [5.74, 6) is -0.918. The molecule has 0 heterocycles. The molecule has 0 aliphatic carbocycles. The molecular weight excluding hydrogens is 238 g/mol. The number of carboxylic acids is 1. The van der Waals surface area contributed by atoms with Gasteiger partial charge in [-0.15, -0.1) is 0 Å². The van der Waals surface area contributed by atoms with Crippen LogP contribution >= 0.6 is 11.6 Å². The normalized spacial score (nSPS) is 10.3. The first-order valence-electron chi connectivity index (χ1n) is 5.80. The van der Waals surface area contributed by atoms with Crippen molar-refractivity contribution in [1.29, 1.82) is 0 Å². The Labute approximate surface area is 107 Å². The van der Waals surface area contributed by atoms with Crippen LogP contribution in [0.1, 0.15) is 36.5 Å². The number of anilines is 1. The SMILES string of the molecule is CCCCCN(C)c1cc(Cl)ccc1C(=O)O. The first-order chi connectivity index (χ1) is 8.06. The van der Waals surface area contributed by atoms with Crippen LogP contribution in [-0.4, -0.2) is 24.7 Å². The van der Waals surface area contributed by atoms with Gasteiger partial charge in [-0.3, -0.25) is 0 Å². The van der Waals surface area contributed by atoms with Crippen LogP contribution in [0.2, 0.25) is 5.02 Å². The molecule has 0 aliphatic heterocycles. The molecule has 1 N–H and O–H groups in total. The minimum atomic E-state index is -0.918. The molecule has 0 bridgehead atoms. The third kappa shape index (κ3) is 3.93. The summed E-state index contributed by atoms with van der Waals surface area (Å²) in [5.41, 5.74) is 0.981. The Balaban J connectivity index is 2.86. The molecule has 0 saturated heterocycles. The summed E-state index contributed by atoms with van der Waals surface area (Å²) in [6.07, 6.45) is 3.35. The molecule has 0 atom stereocenters. The van der Waals surface area contributed by atoms with Crippen LogP contribution in [0.4, 0.5) is 5.69 Å². The van der Waals surface area contributed by atoms with Crippen LogP contribution in [0.15, 0.2) is 18.2 Å². The summed E-state index contributed by atoms with van der Waals surface area (Å²) in [5, 5.41) is 9.67. The van der Waals surface area contributed by atoms with Crippen LogP contribution in [0.5, 0.6) is 0 Å². The van der Waals surface area contributed by atoms with Crippen molar-refractivity contribution in [2.24, 2.45) is 0 Å². The number of rotatable bonds is 6. The molecular formula is C13H18ClNO2. The molecule has 1 aromatic carbocycles. The number of carbonyl (C=O) groups is 1. The highest BCUT2D eigenvalue weighted by atomic mass is 35.5. The number of nitrogens with zero attached hydrogens (tertiary/aromatic N) is 1. The maximum absolute atomic E-state index is 11.1. The van der Waals surface area contributed by atoms with Gasteiger partial charge in [0.2, 0.25) is 0 Å². The van der Waals surface area contributed by atoms with Crippen molar-refractivity contribution in [3.8, 4) is 0 Å². The first kappa shape index (κ1) is 13.8. The highest BCUT2D eigenvalue weighted by molar-refractivity contribution is 6.31. The van der Waals surface area contributed by atoms with Gasteiger partial charge >= 0.3 is 5.97 Å². The second kappa shape index (κ2) is 6.50. The van der Waals surface area contributed by atoms with Gasteiger partial charge in [-0.1, -0.05) is 31.4 Å². The molecule has 0 aliphatic rings. The van der Waals surface area contributed by atoms with E-state index in [4.69, 9.17) is 16.7 Å². The van der Waals surface area contributed by atoms with E-state index in [-0.39, 0.29) is 0 Å². The summed E-state index contributed by atoms with van der Waals surface area (Å²) in [6.45, 7) is 2.98. The standard InChI is InChI=1S/C13H18ClNO2/c1-3-4-5-8-15(2)12-9-10(14)6-7-11(12)13(16)17/h6-7,9H,3-5,8H2,1-2H3,(H,16,17). The third-order valence-corrected chi connectivity index (χ3v) is 2.93. The van der Waals surface area contributed by atoms with Crippen LogP contribution < -0.4 is 4.90 Å². The van der Waals surface area contributed by atoms with E-state index < -0.39 is 5.97 Å². The Kier molecular flexibility index (Phi) is 5.29. The van der Waals surface area contributed by atoms with Crippen molar-refractivity contribution in [2.45, 2.75) is 26.2 Å². The molecule has 1 aromatic rings. The van der Waals surface area contributed by atoms with Crippen molar-refractivity contribution in [1.82, 2.24) is 0 Å². The van der Waals surface area contributed by atoms with Gasteiger partial charge in [0.05, 0.1) is 11.3 Å². The van der Waals surface area contributed by atoms with E-state index in [1.54, 1.807) is 18.2 Å². The molecule has 0 aromatic heterocycles. The van der Waals surface area contributed by atoms with Gasteiger partial charge in [0, 0.05) is 18.6 Å². The summed E-state index contributed by atoms with van der Waals surface area (Å²) in [6, 6.07) is 4.86. The average molecular weight is 256 g/mol. The molecule has 4 heteroatoms. The van der Waals surface area contributed by atoms with Gasteiger partial charge in [-0.25, -0.2) is 4.79 Å². The van der Waals surface area contributed by atoms with Crippen LogP contribution in [-0.2, 0) is 0 Å². The topological polar surface area (TPSA) is 40.5 Å². The summed E-state index contributed by atoms with van der Waals surface area (Å²) >= 11 is 5.91. The molecule has 17 heavy (non-hydrogen) atoms. The average Bonchev–Trinajstić information content (AvgIpc) is 2.28. The lowest BCUT2D eigenvalue weighted by Gasteiger charge is -2.21. The van der Waals surface area contributed by atoms with E-state index in [9.17, 15) is 4.79 Å². The highest BCUT2D eigenvalue weighted by Gasteiger charge is 2.13. The van der Waals surface area contributed by atoms with Gasteiger partial charge in [-0.2, -0.15) is 0 Å². The van der Waals surface area contributed by atoms with Crippen LogP contribution in [0.3, 0.4) is 0 Å². The zero-order valence-electron chi connectivity index (χ0n) is 10.2. The molecule has 1 rings (SSSR count). The van der Waals surface area contributed by atoms with Crippen molar-refractivity contribution < 1.29 is 9.90 Å². The number of benzene rings is 1. The molecule has 94 valence electrons. The van der Waals surface area contributed by atoms with Crippen molar-refractivity contribution in [3.63, 3.8) is 0 Å². The largest absolute Gasteiger partial charge is 0.478 e. The fourth-order valence-electron chi connectivity index (χ4n) is 1.72.